The molecule has 0 aromatic heterocycles. The number of hydrogen-bond acceptors (Lipinski definition) is 2. The summed E-state index contributed by atoms with van der Waals surface area (Å²) >= 11 is 13.5. The molecule has 0 amide bonds. The number of alkyl halides is 1. The van der Waals surface area contributed by atoms with Crippen molar-refractivity contribution in [1.82, 2.24) is 0 Å². The zero-order valence-corrected chi connectivity index (χ0v) is 11.8. The molecule has 1 aromatic carbocycles. The van der Waals surface area contributed by atoms with Crippen LogP contribution in [0.3, 0.4) is 0 Å². The molecule has 0 aliphatic carbocycles. The van der Waals surface area contributed by atoms with Crippen LogP contribution in [0.5, 0.6) is 0 Å². The Morgan fingerprint density at radius 1 is 1.50 bits per heavy atom. The molecule has 0 saturated carbocycles. The van der Waals surface area contributed by atoms with E-state index in [9.17, 15) is 14.5 Å². The van der Waals surface area contributed by atoms with Gasteiger partial charge < -0.3 is 0 Å². The van der Waals surface area contributed by atoms with E-state index in [1.54, 1.807) is 0 Å². The molecule has 3 nitrogen and oxygen atoms in total. The predicted octanol–water partition coefficient (Wildman–Crippen LogP) is 4.27. The van der Waals surface area contributed by atoms with E-state index < -0.39 is 17.1 Å². The largest absolute Gasteiger partial charge is 0.264 e. The zero-order valence-electron chi connectivity index (χ0n) is 8.08. The summed E-state index contributed by atoms with van der Waals surface area (Å²) in [7, 11) is 0. The van der Waals surface area contributed by atoms with Gasteiger partial charge in [-0.3, -0.25) is 10.1 Å². The topological polar surface area (TPSA) is 43.1 Å². The van der Waals surface area contributed by atoms with Crippen LogP contribution in [0.15, 0.2) is 12.1 Å². The van der Waals surface area contributed by atoms with Crippen molar-refractivity contribution in [2.75, 3.05) is 0 Å². The fourth-order valence-corrected chi connectivity index (χ4v) is 2.09. The van der Waals surface area contributed by atoms with Crippen molar-refractivity contribution in [3.8, 4) is 0 Å². The molecule has 0 aliphatic rings. The molecule has 0 spiro atoms. The molecule has 2 unspecified atom stereocenters. The molecule has 2 atom stereocenters. The number of nitrogens with zero attached hydrogens (tertiary/aromatic N) is 1. The van der Waals surface area contributed by atoms with Gasteiger partial charge in [0.15, 0.2) is 6.17 Å². The van der Waals surface area contributed by atoms with Crippen LogP contribution in [0.2, 0.25) is 10.0 Å². The van der Waals surface area contributed by atoms with E-state index in [0.717, 1.165) is 0 Å². The maximum absolute atomic E-state index is 13.8. The van der Waals surface area contributed by atoms with Crippen molar-refractivity contribution < 1.29 is 9.31 Å². The van der Waals surface area contributed by atoms with Crippen molar-refractivity contribution in [3.63, 3.8) is 0 Å². The van der Waals surface area contributed by atoms with Gasteiger partial charge in [-0.15, -0.1) is 0 Å². The molecule has 0 fully saturated rings. The quantitative estimate of drug-likeness (QED) is 0.341. The lowest BCUT2D eigenvalue weighted by Crippen LogP contribution is -2.21. The van der Waals surface area contributed by atoms with Gasteiger partial charge >= 0.3 is 0 Å². The Morgan fingerprint density at radius 3 is 2.56 bits per heavy atom. The Hall–Kier alpha value is -0.140. The summed E-state index contributed by atoms with van der Waals surface area (Å²) in [4.78, 5) is 9.79. The smallest absolute Gasteiger partial charge is 0.245 e. The first kappa shape index (κ1) is 13.9. The van der Waals surface area contributed by atoms with Crippen molar-refractivity contribution in [1.29, 1.82) is 0 Å². The van der Waals surface area contributed by atoms with Crippen molar-refractivity contribution in [3.05, 3.63) is 41.4 Å². The van der Waals surface area contributed by atoms with Crippen LogP contribution in [0.4, 0.5) is 4.39 Å². The average Bonchev–Trinajstić information content (AvgIpc) is 2.24. The van der Waals surface area contributed by atoms with E-state index in [2.05, 4.69) is 0 Å². The molecule has 0 heterocycles. The summed E-state index contributed by atoms with van der Waals surface area (Å²) in [6, 6.07) is 1.51. The van der Waals surface area contributed by atoms with Crippen LogP contribution in [0.1, 0.15) is 18.7 Å². The molecule has 7 heteroatoms. The van der Waals surface area contributed by atoms with Gasteiger partial charge in [0.2, 0.25) is 6.04 Å². The van der Waals surface area contributed by atoms with Crippen molar-refractivity contribution in [2.24, 2.45) is 0 Å². The second-order valence-electron chi connectivity index (χ2n) is 3.19. The highest BCUT2D eigenvalue weighted by Crippen LogP contribution is 2.35. The molecular formula is C9H7Cl2FINO2. The fraction of sp³-hybridized carbons (Fsp3) is 0.333. The summed E-state index contributed by atoms with van der Waals surface area (Å²) in [5, 5.41) is 11.0. The van der Waals surface area contributed by atoms with Gasteiger partial charge in [0, 0.05) is 17.4 Å². The van der Waals surface area contributed by atoms with Crippen LogP contribution in [0.25, 0.3) is 0 Å². The predicted molar refractivity (Wildman–Crippen MR) is 69.5 cm³/mol. The Morgan fingerprint density at radius 2 is 2.06 bits per heavy atom. The first-order valence-electron chi connectivity index (χ1n) is 4.27. The fourth-order valence-electron chi connectivity index (χ4n) is 1.12. The number of rotatable bonds is 3. The van der Waals surface area contributed by atoms with E-state index in [-0.39, 0.29) is 10.6 Å². The monoisotopic (exact) mass is 377 g/mol. The Labute approximate surface area is 115 Å². The minimum absolute atomic E-state index is 0.0969. The second kappa shape index (κ2) is 5.46. The lowest BCUT2D eigenvalue weighted by molar-refractivity contribution is -0.527. The SMILES string of the molecule is CC(C(F)c1ccc(Cl)c(I)c1Cl)[N+](=O)[O-]. The molecule has 0 aliphatic heterocycles. The highest BCUT2D eigenvalue weighted by Gasteiger charge is 2.30. The highest BCUT2D eigenvalue weighted by atomic mass is 127. The normalized spacial score (nSPS) is 14.6. The molecule has 0 saturated heterocycles. The van der Waals surface area contributed by atoms with Crippen molar-refractivity contribution in [2.45, 2.75) is 19.1 Å². The minimum atomic E-state index is -1.74. The number of hydrogen-bond donors (Lipinski definition) is 0. The molecular weight excluding hydrogens is 371 g/mol. The average molecular weight is 378 g/mol. The summed E-state index contributed by atoms with van der Waals surface area (Å²) < 4.78 is 14.3. The summed E-state index contributed by atoms with van der Waals surface area (Å²) in [5.41, 5.74) is 0.0969. The molecule has 0 N–H and O–H groups in total. The van der Waals surface area contributed by atoms with Gasteiger partial charge in [-0.05, 0) is 28.7 Å². The van der Waals surface area contributed by atoms with E-state index in [1.807, 2.05) is 22.6 Å². The number of benzene rings is 1. The van der Waals surface area contributed by atoms with Gasteiger partial charge in [-0.2, -0.15) is 0 Å². The Kier molecular flexibility index (Phi) is 4.75. The third-order valence-corrected chi connectivity index (χ3v) is 4.60. The number of nitro groups is 1. The van der Waals surface area contributed by atoms with Gasteiger partial charge in [-0.25, -0.2) is 4.39 Å². The van der Waals surface area contributed by atoms with Gasteiger partial charge in [0.1, 0.15) is 0 Å². The standard InChI is InChI=1S/C9H7Cl2FINO2/c1-4(14(15)16)8(12)5-2-3-6(10)9(13)7(5)11/h2-4,8H,1H3. The third kappa shape index (κ3) is 2.75. The summed E-state index contributed by atoms with van der Waals surface area (Å²) in [6.45, 7) is 1.20. The van der Waals surface area contributed by atoms with Crippen LogP contribution in [0, 0.1) is 13.7 Å². The van der Waals surface area contributed by atoms with Crippen LogP contribution in [-0.4, -0.2) is 11.0 Å². The van der Waals surface area contributed by atoms with Crippen LogP contribution < -0.4 is 0 Å². The zero-order chi connectivity index (χ0) is 12.5. The Bertz CT molecular complexity index is 430. The third-order valence-electron chi connectivity index (χ3n) is 2.12. The molecule has 0 bridgehead atoms. The van der Waals surface area contributed by atoms with E-state index in [4.69, 9.17) is 23.2 Å². The number of halogens is 4. The van der Waals surface area contributed by atoms with Gasteiger partial charge in [0.25, 0.3) is 0 Å². The first-order valence-corrected chi connectivity index (χ1v) is 6.10. The lowest BCUT2D eigenvalue weighted by Gasteiger charge is -2.13. The van der Waals surface area contributed by atoms with Crippen molar-refractivity contribution >= 4 is 45.8 Å². The molecule has 88 valence electrons. The maximum atomic E-state index is 13.8. The molecule has 0 radical (unpaired) electrons. The summed E-state index contributed by atoms with van der Waals surface area (Å²) in [6.07, 6.45) is -1.74. The highest BCUT2D eigenvalue weighted by molar-refractivity contribution is 14.1. The second-order valence-corrected chi connectivity index (χ2v) is 5.06. The Balaban J connectivity index is 3.14. The first-order chi connectivity index (χ1) is 7.36. The molecule has 1 rings (SSSR count). The summed E-state index contributed by atoms with van der Waals surface area (Å²) in [5.74, 6) is 0. The van der Waals surface area contributed by atoms with Crippen LogP contribution in [-0.2, 0) is 0 Å². The van der Waals surface area contributed by atoms with Gasteiger partial charge in [0.05, 0.1) is 13.6 Å². The lowest BCUT2D eigenvalue weighted by atomic mass is 10.1. The minimum Gasteiger partial charge on any atom is -0.264 e. The maximum Gasteiger partial charge on any atom is 0.245 e. The molecule has 16 heavy (non-hydrogen) atoms. The van der Waals surface area contributed by atoms with E-state index in [1.165, 1.54) is 19.1 Å². The van der Waals surface area contributed by atoms with E-state index >= 15 is 0 Å². The van der Waals surface area contributed by atoms with E-state index in [0.29, 0.717) is 8.59 Å². The van der Waals surface area contributed by atoms with Gasteiger partial charge in [-0.1, -0.05) is 29.3 Å². The van der Waals surface area contributed by atoms with Crippen LogP contribution >= 0.6 is 45.8 Å². The molecule has 1 aromatic rings.